The van der Waals surface area contributed by atoms with E-state index in [2.05, 4.69) is 32.1 Å². The number of rotatable bonds is 6. The van der Waals surface area contributed by atoms with Gasteiger partial charge in [0.05, 0.1) is 28.9 Å². The summed E-state index contributed by atoms with van der Waals surface area (Å²) >= 11 is 1.67. The molecule has 0 aliphatic carbocycles. The molecule has 2 aromatic rings. The van der Waals surface area contributed by atoms with Gasteiger partial charge >= 0.3 is 0 Å². The fourth-order valence-corrected chi connectivity index (χ4v) is 2.73. The zero-order chi connectivity index (χ0) is 16.5. The Morgan fingerprint density at radius 1 is 1.38 bits per heavy atom. The van der Waals surface area contributed by atoms with Crippen LogP contribution < -0.4 is 10.6 Å². The molecule has 128 valence electrons. The first kappa shape index (κ1) is 20.4. The molecule has 0 amide bonds. The molecule has 1 aromatic carbocycles. The van der Waals surface area contributed by atoms with Crippen molar-refractivity contribution in [3.05, 3.63) is 51.5 Å². The molecule has 5 nitrogen and oxygen atoms in total. The molecule has 1 heterocycles. The number of aryl methyl sites for hydroxylation is 1. The Balaban J connectivity index is 0.00000288. The van der Waals surface area contributed by atoms with Gasteiger partial charge in [-0.15, -0.1) is 35.3 Å². The Bertz CT molecular complexity index is 705. The largest absolute Gasteiger partial charge is 0.357 e. The predicted molar refractivity (Wildman–Crippen MR) is 110 cm³/mol. The molecule has 2 rings (SSSR count). The molecule has 0 fully saturated rings. The van der Waals surface area contributed by atoms with E-state index in [0.717, 1.165) is 41.7 Å². The van der Waals surface area contributed by atoms with Crippen molar-refractivity contribution in [3.63, 3.8) is 0 Å². The van der Waals surface area contributed by atoms with Crippen LogP contribution in [0.25, 0.3) is 0 Å². The summed E-state index contributed by atoms with van der Waals surface area (Å²) < 4.78 is 0. The van der Waals surface area contributed by atoms with Crippen molar-refractivity contribution in [2.75, 3.05) is 13.1 Å². The van der Waals surface area contributed by atoms with Crippen molar-refractivity contribution in [2.45, 2.75) is 26.8 Å². The summed E-state index contributed by atoms with van der Waals surface area (Å²) in [4.78, 5) is 9.02. The first-order valence-corrected chi connectivity index (χ1v) is 8.51. The molecule has 0 spiro atoms. The minimum Gasteiger partial charge on any atom is -0.357 e. The van der Waals surface area contributed by atoms with Crippen molar-refractivity contribution in [2.24, 2.45) is 4.99 Å². The first-order chi connectivity index (χ1) is 11.2. The van der Waals surface area contributed by atoms with E-state index in [1.54, 1.807) is 17.4 Å². The predicted octanol–water partition coefficient (Wildman–Crippen LogP) is 3.24. The number of benzene rings is 1. The van der Waals surface area contributed by atoms with Crippen LogP contribution in [0.1, 0.15) is 28.8 Å². The highest BCUT2D eigenvalue weighted by Gasteiger charge is 2.01. The van der Waals surface area contributed by atoms with E-state index >= 15 is 0 Å². The van der Waals surface area contributed by atoms with E-state index in [9.17, 15) is 0 Å². The van der Waals surface area contributed by atoms with Crippen molar-refractivity contribution in [1.82, 2.24) is 15.6 Å². The van der Waals surface area contributed by atoms with Crippen LogP contribution in [0.4, 0.5) is 0 Å². The van der Waals surface area contributed by atoms with E-state index < -0.39 is 0 Å². The summed E-state index contributed by atoms with van der Waals surface area (Å²) in [5.41, 5.74) is 2.79. The quantitative estimate of drug-likeness (QED) is 0.399. The Labute approximate surface area is 164 Å². The highest BCUT2D eigenvalue weighted by atomic mass is 127. The summed E-state index contributed by atoms with van der Waals surface area (Å²) in [7, 11) is 0. The van der Waals surface area contributed by atoms with Crippen molar-refractivity contribution >= 4 is 41.3 Å². The van der Waals surface area contributed by atoms with Crippen LogP contribution >= 0.6 is 35.3 Å². The SMILES string of the molecule is CCNC(=NCc1cccc(C#N)c1)NCCc1csc(C)n1.I. The topological polar surface area (TPSA) is 73.1 Å². The van der Waals surface area contributed by atoms with Gasteiger partial charge in [-0.2, -0.15) is 5.26 Å². The van der Waals surface area contributed by atoms with Gasteiger partial charge in [-0.3, -0.25) is 0 Å². The maximum Gasteiger partial charge on any atom is 0.191 e. The van der Waals surface area contributed by atoms with Crippen LogP contribution in [0.3, 0.4) is 0 Å². The zero-order valence-electron chi connectivity index (χ0n) is 13.9. The number of thiazole rings is 1. The highest BCUT2D eigenvalue weighted by molar-refractivity contribution is 14.0. The van der Waals surface area contributed by atoms with Gasteiger partial charge in [-0.05, 0) is 31.5 Å². The van der Waals surface area contributed by atoms with E-state index in [0.29, 0.717) is 12.1 Å². The number of aliphatic imine (C=N–C) groups is 1. The number of hydrogen-bond acceptors (Lipinski definition) is 4. The Morgan fingerprint density at radius 2 is 2.21 bits per heavy atom. The molecule has 0 radical (unpaired) electrons. The van der Waals surface area contributed by atoms with Gasteiger partial charge in [0.15, 0.2) is 5.96 Å². The van der Waals surface area contributed by atoms with Gasteiger partial charge in [0.1, 0.15) is 0 Å². The number of aromatic nitrogens is 1. The van der Waals surface area contributed by atoms with Gasteiger partial charge < -0.3 is 10.6 Å². The Morgan fingerprint density at radius 3 is 2.88 bits per heavy atom. The second kappa shape index (κ2) is 11.0. The third-order valence-electron chi connectivity index (χ3n) is 3.16. The fourth-order valence-electron chi connectivity index (χ4n) is 2.08. The Hall–Kier alpha value is -1.66. The molecule has 7 heteroatoms. The first-order valence-electron chi connectivity index (χ1n) is 7.63. The third-order valence-corrected chi connectivity index (χ3v) is 3.98. The average Bonchev–Trinajstić information content (AvgIpc) is 2.98. The second-order valence-electron chi connectivity index (χ2n) is 5.04. The van der Waals surface area contributed by atoms with Crippen molar-refractivity contribution in [1.29, 1.82) is 5.26 Å². The molecule has 0 aliphatic heterocycles. The average molecular weight is 455 g/mol. The van der Waals surface area contributed by atoms with Crippen LogP contribution in [0.2, 0.25) is 0 Å². The fraction of sp³-hybridized carbons (Fsp3) is 0.353. The van der Waals surface area contributed by atoms with E-state index in [1.807, 2.05) is 32.0 Å². The highest BCUT2D eigenvalue weighted by Crippen LogP contribution is 2.08. The van der Waals surface area contributed by atoms with Crippen LogP contribution in [0.15, 0.2) is 34.6 Å². The number of nitrogens with zero attached hydrogens (tertiary/aromatic N) is 3. The number of nitriles is 1. The molecule has 0 saturated carbocycles. The molecular formula is C17H22IN5S. The summed E-state index contributed by atoms with van der Waals surface area (Å²) in [6, 6.07) is 9.67. The second-order valence-corrected chi connectivity index (χ2v) is 6.10. The molecule has 0 unspecified atom stereocenters. The lowest BCUT2D eigenvalue weighted by atomic mass is 10.1. The molecule has 0 saturated heterocycles. The summed E-state index contributed by atoms with van der Waals surface area (Å²) in [5.74, 6) is 0.779. The normalized spacial score (nSPS) is 10.6. The number of guanidine groups is 1. The molecule has 0 atom stereocenters. The molecular weight excluding hydrogens is 433 g/mol. The van der Waals surface area contributed by atoms with Gasteiger partial charge in [0.25, 0.3) is 0 Å². The smallest absolute Gasteiger partial charge is 0.191 e. The molecule has 24 heavy (non-hydrogen) atoms. The van der Waals surface area contributed by atoms with Gasteiger partial charge in [0, 0.05) is 24.9 Å². The lowest BCUT2D eigenvalue weighted by Crippen LogP contribution is -2.38. The minimum absolute atomic E-state index is 0. The molecule has 0 bridgehead atoms. The van der Waals surface area contributed by atoms with E-state index in [1.165, 1.54) is 0 Å². The van der Waals surface area contributed by atoms with Gasteiger partial charge in [0.2, 0.25) is 0 Å². The van der Waals surface area contributed by atoms with E-state index in [-0.39, 0.29) is 24.0 Å². The standard InChI is InChI=1S/C17H21N5S.HI/c1-3-19-17(20-8-7-16-12-23-13(2)22-16)21-11-15-6-4-5-14(9-15)10-18;/h4-6,9,12H,3,7-8,11H2,1-2H3,(H2,19,20,21);1H. The number of halogens is 1. The van der Waals surface area contributed by atoms with Crippen LogP contribution in [-0.2, 0) is 13.0 Å². The van der Waals surface area contributed by atoms with Gasteiger partial charge in [-0.1, -0.05) is 12.1 Å². The lowest BCUT2D eigenvalue weighted by molar-refractivity contribution is 0.790. The van der Waals surface area contributed by atoms with Crippen LogP contribution in [0.5, 0.6) is 0 Å². The van der Waals surface area contributed by atoms with Crippen LogP contribution in [0, 0.1) is 18.3 Å². The minimum atomic E-state index is 0. The Kier molecular flexibility index (Phi) is 9.34. The van der Waals surface area contributed by atoms with Crippen LogP contribution in [-0.4, -0.2) is 24.0 Å². The number of nitrogens with one attached hydrogen (secondary N) is 2. The van der Waals surface area contributed by atoms with Crippen molar-refractivity contribution in [3.8, 4) is 6.07 Å². The monoisotopic (exact) mass is 455 g/mol. The van der Waals surface area contributed by atoms with Crippen molar-refractivity contribution < 1.29 is 0 Å². The van der Waals surface area contributed by atoms with Gasteiger partial charge in [-0.25, -0.2) is 9.98 Å². The number of hydrogen-bond donors (Lipinski definition) is 2. The maximum absolute atomic E-state index is 8.93. The zero-order valence-corrected chi connectivity index (χ0v) is 17.0. The maximum atomic E-state index is 8.93. The lowest BCUT2D eigenvalue weighted by Gasteiger charge is -2.10. The third kappa shape index (κ3) is 6.84. The van der Waals surface area contributed by atoms with E-state index in [4.69, 9.17) is 5.26 Å². The molecule has 1 aromatic heterocycles. The summed E-state index contributed by atoms with van der Waals surface area (Å²) in [6.45, 7) is 6.19. The summed E-state index contributed by atoms with van der Waals surface area (Å²) in [5, 5.41) is 18.7. The molecule has 2 N–H and O–H groups in total. The molecule has 0 aliphatic rings. The summed E-state index contributed by atoms with van der Waals surface area (Å²) in [6.07, 6.45) is 0.874.